The molecule has 0 aliphatic rings. The molecule has 4 radical (unpaired) electrons. The van der Waals surface area contributed by atoms with Crippen molar-refractivity contribution in [2.75, 3.05) is 0 Å². The summed E-state index contributed by atoms with van der Waals surface area (Å²) in [6.07, 6.45) is 0. The van der Waals surface area contributed by atoms with Gasteiger partial charge in [-0.05, 0) is 0 Å². The molecule has 0 aliphatic carbocycles. The predicted octanol–water partition coefficient (Wildman–Crippen LogP) is -2.36. The third-order valence-corrected chi connectivity index (χ3v) is 5.55. The SMILES string of the molecule is C[Si]c1cc2ccccc2[cH-]1.C[Si]c1cc2ccccc2[cH-]1.[Cl-].[Cl-].[O]=[V].[O]=[V]. The average Bonchev–Trinajstić information content (AvgIpc) is 3.34. The van der Waals surface area contributed by atoms with Crippen molar-refractivity contribution in [1.29, 1.82) is 0 Å². The summed E-state index contributed by atoms with van der Waals surface area (Å²) >= 11 is 2.12. The van der Waals surface area contributed by atoms with Crippen LogP contribution in [-0.4, -0.2) is 19.0 Å². The van der Waals surface area contributed by atoms with Crippen molar-refractivity contribution in [3.63, 3.8) is 0 Å². The fourth-order valence-corrected chi connectivity index (χ4v) is 3.79. The van der Waals surface area contributed by atoms with E-state index in [2.05, 4.69) is 85.9 Å². The Morgan fingerprint density at radius 2 is 0.964 bits per heavy atom. The van der Waals surface area contributed by atoms with E-state index in [0.29, 0.717) is 0 Å². The van der Waals surface area contributed by atoms with E-state index in [0.717, 1.165) is 53.8 Å². The van der Waals surface area contributed by atoms with Gasteiger partial charge in [0.25, 0.3) is 0 Å². The third-order valence-electron chi connectivity index (χ3n) is 3.81. The minimum atomic E-state index is 0. The Balaban J connectivity index is 0. The van der Waals surface area contributed by atoms with Crippen LogP contribution in [0.3, 0.4) is 0 Å². The number of fused-ring (bicyclic) bond motifs is 2. The van der Waals surface area contributed by atoms with Crippen molar-refractivity contribution in [3.05, 3.63) is 72.8 Å². The Kier molecular flexibility index (Phi) is 18.3. The van der Waals surface area contributed by atoms with Crippen molar-refractivity contribution in [3.8, 4) is 0 Å². The topological polar surface area (TPSA) is 34.1 Å². The summed E-state index contributed by atoms with van der Waals surface area (Å²) in [5, 5.41) is 8.42. The molecular weight excluding hydrogens is 501 g/mol. The third kappa shape index (κ3) is 8.85. The number of hydrogen-bond acceptors (Lipinski definition) is 2. The van der Waals surface area contributed by atoms with Crippen molar-refractivity contribution in [2.24, 2.45) is 0 Å². The summed E-state index contributed by atoms with van der Waals surface area (Å²) in [5.74, 6) is 0. The van der Waals surface area contributed by atoms with Crippen LogP contribution >= 0.6 is 0 Å². The van der Waals surface area contributed by atoms with E-state index in [1.807, 2.05) is 0 Å². The van der Waals surface area contributed by atoms with Crippen LogP contribution in [0.2, 0.25) is 13.1 Å². The summed E-state index contributed by atoms with van der Waals surface area (Å²) < 4.78 is 16.4. The Morgan fingerprint density at radius 3 is 1.25 bits per heavy atom. The van der Waals surface area contributed by atoms with Crippen molar-refractivity contribution >= 4 is 51.0 Å². The first-order chi connectivity index (χ1) is 12.8. The molecule has 4 aromatic rings. The van der Waals surface area contributed by atoms with Crippen molar-refractivity contribution < 1.29 is 66.9 Å². The van der Waals surface area contributed by atoms with Gasteiger partial charge in [-0.25, -0.2) is 0 Å². The summed E-state index contributed by atoms with van der Waals surface area (Å²) in [4.78, 5) is 0. The molecule has 28 heavy (non-hydrogen) atoms. The molecule has 0 amide bonds. The fraction of sp³-hybridized carbons (Fsp3) is 0.100. The van der Waals surface area contributed by atoms with Crippen LogP contribution in [0.1, 0.15) is 0 Å². The van der Waals surface area contributed by atoms with Gasteiger partial charge in [-0.1, -0.05) is 25.2 Å². The molecule has 0 spiro atoms. The molecule has 0 unspecified atom stereocenters. The second-order valence-electron chi connectivity index (χ2n) is 5.25. The first-order valence-electron chi connectivity index (χ1n) is 7.83. The first kappa shape index (κ1) is 29.6. The molecule has 0 heterocycles. The number of rotatable bonds is 2. The number of hydrogen-bond donors (Lipinski definition) is 0. The van der Waals surface area contributed by atoms with Crippen LogP contribution in [0.15, 0.2) is 72.8 Å². The van der Waals surface area contributed by atoms with Gasteiger partial charge in [0, 0.05) is 0 Å². The Bertz CT molecular complexity index is 787. The van der Waals surface area contributed by atoms with Crippen LogP contribution < -0.4 is 35.2 Å². The van der Waals surface area contributed by atoms with E-state index in [4.69, 9.17) is 7.35 Å². The van der Waals surface area contributed by atoms with Crippen LogP contribution in [0.4, 0.5) is 0 Å². The summed E-state index contributed by atoms with van der Waals surface area (Å²) in [6, 6.07) is 26.1. The maximum absolute atomic E-state index is 8.19. The Hall–Kier alpha value is -0.557. The molecule has 0 bridgehead atoms. The Morgan fingerprint density at radius 1 is 0.643 bits per heavy atom. The van der Waals surface area contributed by atoms with Gasteiger partial charge in [-0.2, -0.15) is 33.3 Å². The number of benzene rings is 2. The van der Waals surface area contributed by atoms with Gasteiger partial charge in [0.1, 0.15) is 0 Å². The molecule has 4 rings (SSSR count). The monoisotopic (exact) mass is 518 g/mol. The molecule has 146 valence electrons. The van der Waals surface area contributed by atoms with E-state index < -0.39 is 0 Å². The zero-order chi connectivity index (χ0) is 19.4. The van der Waals surface area contributed by atoms with Gasteiger partial charge < -0.3 is 24.8 Å². The molecule has 0 aromatic heterocycles. The summed E-state index contributed by atoms with van der Waals surface area (Å²) in [5.41, 5.74) is 0. The average molecular weight is 519 g/mol. The Labute approximate surface area is 202 Å². The van der Waals surface area contributed by atoms with Crippen molar-refractivity contribution in [1.82, 2.24) is 0 Å². The minimum absolute atomic E-state index is 0. The predicted molar refractivity (Wildman–Crippen MR) is 103 cm³/mol. The second kappa shape index (κ2) is 17.3. The molecular formula is C20H18Cl2O2Si2V2-4. The maximum atomic E-state index is 8.19. The standard InChI is InChI=1S/2C10H9Si.2ClH.2O.2V/c2*1-11-10-6-8-4-2-3-5-9(8)7-10;;;;;;/h2*2-7H,1H3;2*1H;;;;/q2*-1;;;;;;/p-2. The number of halogens is 2. The molecule has 2 nitrogen and oxygen atoms in total. The van der Waals surface area contributed by atoms with E-state index in [1.165, 1.54) is 31.9 Å². The van der Waals surface area contributed by atoms with Crippen LogP contribution in [0.5, 0.6) is 0 Å². The zero-order valence-electron chi connectivity index (χ0n) is 15.4. The van der Waals surface area contributed by atoms with Crippen LogP contribution in [-0.2, 0) is 42.1 Å². The van der Waals surface area contributed by atoms with Gasteiger partial charge in [-0.15, -0.1) is 59.3 Å². The molecule has 0 saturated carbocycles. The van der Waals surface area contributed by atoms with Crippen LogP contribution in [0, 0.1) is 0 Å². The second-order valence-corrected chi connectivity index (χ2v) is 7.40. The van der Waals surface area contributed by atoms with Gasteiger partial charge in [0.15, 0.2) is 0 Å². The van der Waals surface area contributed by atoms with Gasteiger partial charge in [0.2, 0.25) is 0 Å². The summed E-state index contributed by atoms with van der Waals surface area (Å²) in [6.45, 7) is 4.43. The fourth-order valence-electron chi connectivity index (χ4n) is 2.59. The van der Waals surface area contributed by atoms with Crippen molar-refractivity contribution in [2.45, 2.75) is 13.1 Å². The normalized spacial score (nSPS) is 8.57. The van der Waals surface area contributed by atoms with E-state index in [-0.39, 0.29) is 24.8 Å². The van der Waals surface area contributed by atoms with Gasteiger partial charge in [0.05, 0.1) is 19.0 Å². The molecule has 4 aromatic carbocycles. The molecule has 0 saturated heterocycles. The van der Waals surface area contributed by atoms with E-state index in [9.17, 15) is 0 Å². The van der Waals surface area contributed by atoms with Gasteiger partial charge in [-0.3, -0.25) is 0 Å². The molecule has 0 atom stereocenters. The van der Waals surface area contributed by atoms with Gasteiger partial charge >= 0.3 is 42.1 Å². The molecule has 0 fully saturated rings. The molecule has 8 heteroatoms. The van der Waals surface area contributed by atoms with E-state index >= 15 is 0 Å². The quantitative estimate of drug-likeness (QED) is 0.220. The zero-order valence-corrected chi connectivity index (χ0v) is 21.7. The first-order valence-corrected chi connectivity index (χ1v) is 12.0. The molecule has 0 aliphatic heterocycles. The molecule has 0 N–H and O–H groups in total. The van der Waals surface area contributed by atoms with Crippen LogP contribution in [0.25, 0.3) is 21.5 Å². The van der Waals surface area contributed by atoms with E-state index in [1.54, 1.807) is 0 Å². The summed E-state index contributed by atoms with van der Waals surface area (Å²) in [7, 11) is 1.83.